The second-order valence-electron chi connectivity index (χ2n) is 12.2. The van der Waals surface area contributed by atoms with Crippen molar-refractivity contribution in [1.82, 2.24) is 0 Å². The fraction of sp³-hybridized carbons (Fsp3) is 0.333. The molecule has 5 rings (SSSR count). The van der Waals surface area contributed by atoms with Crippen LogP contribution in [0.1, 0.15) is 58.8 Å². The standard InChI is InChI=1S/C33H24Cl3F6NO4/c1-31(2)20(13-26(31)46)25(45)12-18-22(37)7-4-15(29(18)39)10-24(44)17-11-16(5-6-21(17)34)43-30(47)28-27(32(28,35)36)14-3-8-23(38)19(9-14)33(40,41)42/h3-9,11,20,27-28H,10,12-13H2,1-2H3,(H,43,47)/t20?,27-,28+/m0/s1. The van der Waals surface area contributed by atoms with Crippen LogP contribution in [-0.2, 0) is 33.4 Å². The Balaban J connectivity index is 1.31. The van der Waals surface area contributed by atoms with Crippen LogP contribution in [0.25, 0.3) is 0 Å². The Kier molecular flexibility index (Phi) is 9.09. The Hall–Kier alpha value is -3.41. The van der Waals surface area contributed by atoms with E-state index in [0.717, 1.165) is 18.2 Å². The molecule has 0 aromatic heterocycles. The predicted molar refractivity (Wildman–Crippen MR) is 162 cm³/mol. The minimum atomic E-state index is -5.00. The molecule has 0 spiro atoms. The lowest BCUT2D eigenvalue weighted by atomic mass is 9.59. The van der Waals surface area contributed by atoms with Gasteiger partial charge in [-0.15, -0.1) is 23.2 Å². The van der Waals surface area contributed by atoms with E-state index in [1.54, 1.807) is 13.8 Å². The van der Waals surface area contributed by atoms with Crippen molar-refractivity contribution < 1.29 is 45.5 Å². The molecule has 0 saturated heterocycles. The molecule has 0 heterocycles. The van der Waals surface area contributed by atoms with Crippen LogP contribution < -0.4 is 5.32 Å². The molecule has 14 heteroatoms. The monoisotopic (exact) mass is 717 g/mol. The topological polar surface area (TPSA) is 80.3 Å². The fourth-order valence-electron chi connectivity index (χ4n) is 5.85. The summed E-state index contributed by atoms with van der Waals surface area (Å²) in [6, 6.07) is 7.96. The zero-order chi connectivity index (χ0) is 34.8. The molecular formula is C33H24Cl3F6NO4. The molecule has 0 aliphatic heterocycles. The predicted octanol–water partition coefficient (Wildman–Crippen LogP) is 8.45. The molecule has 47 heavy (non-hydrogen) atoms. The van der Waals surface area contributed by atoms with Crippen LogP contribution in [0, 0.1) is 34.7 Å². The van der Waals surface area contributed by atoms with E-state index < -0.39 is 92.6 Å². The molecule has 1 unspecified atom stereocenters. The highest BCUT2D eigenvalue weighted by atomic mass is 35.5. The number of ketones is 3. The summed E-state index contributed by atoms with van der Waals surface area (Å²) in [5.74, 6) is -8.78. The molecule has 1 N–H and O–H groups in total. The van der Waals surface area contributed by atoms with Crippen LogP contribution in [-0.4, -0.2) is 27.6 Å². The summed E-state index contributed by atoms with van der Waals surface area (Å²) in [6.07, 6.45) is -6.21. The Bertz CT molecular complexity index is 1840. The minimum absolute atomic E-state index is 0.0119. The third-order valence-corrected chi connectivity index (χ3v) is 10.1. The first-order valence-electron chi connectivity index (χ1n) is 14.1. The van der Waals surface area contributed by atoms with Gasteiger partial charge in [0.25, 0.3) is 0 Å². The number of nitrogens with one attached hydrogen (secondary N) is 1. The van der Waals surface area contributed by atoms with E-state index in [4.69, 9.17) is 34.8 Å². The zero-order valence-corrected chi connectivity index (χ0v) is 26.8. The minimum Gasteiger partial charge on any atom is -0.326 e. The van der Waals surface area contributed by atoms with E-state index in [2.05, 4.69) is 5.32 Å². The Morgan fingerprint density at radius 3 is 2.21 bits per heavy atom. The van der Waals surface area contributed by atoms with E-state index >= 15 is 4.39 Å². The summed E-state index contributed by atoms with van der Waals surface area (Å²) in [7, 11) is 0. The first-order chi connectivity index (χ1) is 21.7. The quantitative estimate of drug-likeness (QED) is 0.137. The average Bonchev–Trinajstić information content (AvgIpc) is 3.57. The van der Waals surface area contributed by atoms with Crippen LogP contribution in [0.15, 0.2) is 48.5 Å². The highest BCUT2D eigenvalue weighted by molar-refractivity contribution is 6.53. The second-order valence-corrected chi connectivity index (χ2v) is 14.0. The van der Waals surface area contributed by atoms with Crippen molar-refractivity contribution in [2.45, 2.75) is 49.5 Å². The number of Topliss-reactive ketones (excluding diaryl/α,β-unsaturated/α-hetero) is 3. The van der Waals surface area contributed by atoms with Gasteiger partial charge in [0.05, 0.1) is 16.5 Å². The van der Waals surface area contributed by atoms with Gasteiger partial charge < -0.3 is 5.32 Å². The first-order valence-corrected chi connectivity index (χ1v) is 15.3. The van der Waals surface area contributed by atoms with Crippen LogP contribution in [0.3, 0.4) is 0 Å². The molecule has 2 aliphatic rings. The van der Waals surface area contributed by atoms with Crippen LogP contribution in [0.5, 0.6) is 0 Å². The number of alkyl halides is 5. The fourth-order valence-corrected chi connectivity index (χ4v) is 6.90. The lowest BCUT2D eigenvalue weighted by molar-refractivity contribution is -0.150. The number of carbonyl (C=O) groups excluding carboxylic acids is 4. The van der Waals surface area contributed by atoms with Crippen molar-refractivity contribution in [2.24, 2.45) is 17.3 Å². The van der Waals surface area contributed by atoms with Crippen LogP contribution in [0.4, 0.5) is 32.0 Å². The van der Waals surface area contributed by atoms with Crippen molar-refractivity contribution >= 4 is 63.7 Å². The Labute approximate surface area is 279 Å². The van der Waals surface area contributed by atoms with E-state index in [0.29, 0.717) is 12.1 Å². The maximum atomic E-state index is 15.4. The smallest absolute Gasteiger partial charge is 0.326 e. The number of amides is 1. The number of hydrogen-bond donors (Lipinski definition) is 1. The summed E-state index contributed by atoms with van der Waals surface area (Å²) in [5.41, 5.74) is -3.46. The molecule has 248 valence electrons. The van der Waals surface area contributed by atoms with E-state index in [9.17, 15) is 41.1 Å². The van der Waals surface area contributed by atoms with Gasteiger partial charge >= 0.3 is 6.18 Å². The summed E-state index contributed by atoms with van der Waals surface area (Å²) < 4.78 is 81.7. The zero-order valence-electron chi connectivity index (χ0n) is 24.5. The largest absolute Gasteiger partial charge is 0.419 e. The van der Waals surface area contributed by atoms with Gasteiger partial charge in [0, 0.05) is 53.3 Å². The van der Waals surface area contributed by atoms with Gasteiger partial charge in [-0.05, 0) is 47.5 Å². The lowest BCUT2D eigenvalue weighted by Crippen LogP contribution is -2.49. The molecule has 1 amide bonds. The Morgan fingerprint density at radius 1 is 0.936 bits per heavy atom. The van der Waals surface area contributed by atoms with Crippen molar-refractivity contribution in [1.29, 1.82) is 0 Å². The van der Waals surface area contributed by atoms with Gasteiger partial charge in [-0.3, -0.25) is 19.2 Å². The maximum Gasteiger partial charge on any atom is 0.419 e. The second kappa shape index (κ2) is 12.2. The molecule has 5 nitrogen and oxygen atoms in total. The van der Waals surface area contributed by atoms with Crippen LogP contribution in [0.2, 0.25) is 5.02 Å². The molecule has 0 bridgehead atoms. The summed E-state index contributed by atoms with van der Waals surface area (Å²) >= 11 is 18.7. The first kappa shape index (κ1) is 34.9. The van der Waals surface area contributed by atoms with Gasteiger partial charge in [0.15, 0.2) is 5.78 Å². The molecule has 3 atom stereocenters. The van der Waals surface area contributed by atoms with Crippen molar-refractivity contribution in [3.8, 4) is 0 Å². The number of benzene rings is 3. The molecule has 2 saturated carbocycles. The number of carbonyl (C=O) groups is 4. The Morgan fingerprint density at radius 2 is 1.60 bits per heavy atom. The molecule has 0 radical (unpaired) electrons. The number of hydrogen-bond acceptors (Lipinski definition) is 4. The third-order valence-electron chi connectivity index (χ3n) is 8.86. The van der Waals surface area contributed by atoms with Crippen molar-refractivity contribution in [3.63, 3.8) is 0 Å². The van der Waals surface area contributed by atoms with E-state index in [1.165, 1.54) is 18.2 Å². The van der Waals surface area contributed by atoms with Gasteiger partial charge in [-0.1, -0.05) is 37.6 Å². The lowest BCUT2D eigenvalue weighted by Gasteiger charge is -2.41. The van der Waals surface area contributed by atoms with E-state index in [1.807, 2.05) is 0 Å². The van der Waals surface area contributed by atoms with Crippen molar-refractivity contribution in [3.05, 3.63) is 98.8 Å². The van der Waals surface area contributed by atoms with E-state index in [-0.39, 0.29) is 39.6 Å². The van der Waals surface area contributed by atoms with Crippen LogP contribution >= 0.6 is 34.8 Å². The molecule has 2 fully saturated rings. The van der Waals surface area contributed by atoms with Gasteiger partial charge in [0.2, 0.25) is 5.91 Å². The van der Waals surface area contributed by atoms with Gasteiger partial charge in [-0.25, -0.2) is 13.2 Å². The SMILES string of the molecule is CC1(C)C(=O)CC1C(=O)Cc1c(F)ccc(CC(=O)c2cc(NC(=O)[C@H]3[C@H](c4ccc(F)c(C(F)(F)F)c4)C3(Cl)Cl)ccc2Cl)c1F. The summed E-state index contributed by atoms with van der Waals surface area (Å²) in [5, 5.41) is 2.42. The summed E-state index contributed by atoms with van der Waals surface area (Å²) in [6.45, 7) is 3.18. The highest BCUT2D eigenvalue weighted by Gasteiger charge is 2.67. The molecule has 3 aromatic carbocycles. The number of anilines is 1. The van der Waals surface area contributed by atoms with Crippen molar-refractivity contribution in [2.75, 3.05) is 5.32 Å². The molecular weight excluding hydrogens is 695 g/mol. The molecule has 3 aromatic rings. The highest BCUT2D eigenvalue weighted by Crippen LogP contribution is 2.65. The number of halogens is 9. The van der Waals surface area contributed by atoms with Gasteiger partial charge in [-0.2, -0.15) is 13.2 Å². The maximum absolute atomic E-state index is 15.4. The number of rotatable bonds is 9. The third kappa shape index (κ3) is 6.54. The average molecular weight is 719 g/mol. The van der Waals surface area contributed by atoms with Gasteiger partial charge in [0.1, 0.15) is 33.4 Å². The molecule has 2 aliphatic carbocycles. The normalized spacial score (nSPS) is 21.2. The summed E-state index contributed by atoms with van der Waals surface area (Å²) in [4.78, 5) is 50.9.